The van der Waals surface area contributed by atoms with E-state index in [4.69, 9.17) is 9.47 Å². The number of esters is 1. The van der Waals surface area contributed by atoms with Crippen LogP contribution in [0.4, 0.5) is 5.69 Å². The van der Waals surface area contributed by atoms with Crippen molar-refractivity contribution in [3.8, 4) is 5.75 Å². The summed E-state index contributed by atoms with van der Waals surface area (Å²) in [5.74, 6) is -0.426. The highest BCUT2D eigenvalue weighted by atomic mass is 16.5. The van der Waals surface area contributed by atoms with Crippen molar-refractivity contribution in [1.29, 1.82) is 0 Å². The Morgan fingerprint density at radius 3 is 2.85 bits per heavy atom. The summed E-state index contributed by atoms with van der Waals surface area (Å²) in [4.78, 5) is 27.2. The van der Waals surface area contributed by atoms with Crippen LogP contribution in [-0.2, 0) is 14.3 Å². The second kappa shape index (κ2) is 6.36. The van der Waals surface area contributed by atoms with Gasteiger partial charge >= 0.3 is 5.97 Å². The van der Waals surface area contributed by atoms with Gasteiger partial charge in [-0.05, 0) is 32.8 Å². The average Bonchev–Trinajstić information content (AvgIpc) is 3.16. The fourth-order valence-corrected chi connectivity index (χ4v) is 1.64. The van der Waals surface area contributed by atoms with Gasteiger partial charge in [0.15, 0.2) is 5.75 Å². The van der Waals surface area contributed by atoms with Crippen molar-refractivity contribution in [1.82, 2.24) is 4.98 Å². The number of anilines is 1. The molecule has 1 heterocycles. The molecular weight excluding hydrogens is 260 g/mol. The average molecular weight is 278 g/mol. The summed E-state index contributed by atoms with van der Waals surface area (Å²) in [7, 11) is 0. The normalized spacial score (nSPS) is 13.7. The molecule has 1 saturated carbocycles. The molecule has 0 bridgehead atoms. The molecule has 0 saturated heterocycles. The van der Waals surface area contributed by atoms with Gasteiger partial charge in [-0.25, -0.2) is 0 Å². The number of carbonyl (C=O) groups excluding carboxylic acids is 2. The molecule has 0 radical (unpaired) electrons. The van der Waals surface area contributed by atoms with Crippen molar-refractivity contribution < 1.29 is 19.1 Å². The number of aromatic nitrogens is 1. The summed E-state index contributed by atoms with van der Waals surface area (Å²) in [6.45, 7) is 3.78. The second-order valence-corrected chi connectivity index (χ2v) is 4.67. The molecule has 2 rings (SSSR count). The highest BCUT2D eigenvalue weighted by Gasteiger charge is 2.25. The molecule has 1 amide bonds. The Balaban J connectivity index is 2.01. The molecule has 1 fully saturated rings. The van der Waals surface area contributed by atoms with Gasteiger partial charge in [-0.3, -0.25) is 14.6 Å². The molecule has 1 aromatic rings. The topological polar surface area (TPSA) is 77.5 Å². The third-order valence-electron chi connectivity index (χ3n) is 2.71. The summed E-state index contributed by atoms with van der Waals surface area (Å²) in [6.07, 6.45) is 3.53. The third-order valence-corrected chi connectivity index (χ3v) is 2.71. The van der Waals surface area contributed by atoms with E-state index in [9.17, 15) is 9.59 Å². The molecule has 1 aliphatic rings. The molecule has 20 heavy (non-hydrogen) atoms. The zero-order valence-corrected chi connectivity index (χ0v) is 11.6. The first-order valence-corrected chi connectivity index (χ1v) is 6.67. The maximum absolute atomic E-state index is 11.8. The van der Waals surface area contributed by atoms with Crippen molar-refractivity contribution in [2.45, 2.75) is 39.2 Å². The first-order chi connectivity index (χ1) is 9.58. The van der Waals surface area contributed by atoms with Crippen molar-refractivity contribution in [3.05, 3.63) is 18.0 Å². The highest BCUT2D eigenvalue weighted by Crippen LogP contribution is 2.31. The number of nitrogens with one attached hydrogen (secondary N) is 1. The van der Waals surface area contributed by atoms with Crippen LogP contribution in [0.1, 0.15) is 31.9 Å². The Labute approximate surface area is 117 Å². The van der Waals surface area contributed by atoms with Crippen LogP contribution in [0.2, 0.25) is 0 Å². The van der Waals surface area contributed by atoms with Crippen LogP contribution in [0.5, 0.6) is 5.75 Å². The van der Waals surface area contributed by atoms with E-state index in [2.05, 4.69) is 10.3 Å². The van der Waals surface area contributed by atoms with E-state index < -0.39 is 11.9 Å². The lowest BCUT2D eigenvalue weighted by molar-refractivity contribution is -0.145. The SMILES string of the molecule is CCOC(=O)CC(=O)Nc1cc(C)ncc1OC1CC1. The highest BCUT2D eigenvalue weighted by molar-refractivity contribution is 6.02. The molecule has 0 atom stereocenters. The van der Waals surface area contributed by atoms with Gasteiger partial charge in [0.25, 0.3) is 0 Å². The van der Waals surface area contributed by atoms with Crippen LogP contribution in [-0.4, -0.2) is 29.6 Å². The van der Waals surface area contributed by atoms with Gasteiger partial charge in [-0.2, -0.15) is 0 Å². The lowest BCUT2D eigenvalue weighted by atomic mass is 10.3. The van der Waals surface area contributed by atoms with E-state index in [1.54, 1.807) is 19.2 Å². The van der Waals surface area contributed by atoms with Gasteiger partial charge < -0.3 is 14.8 Å². The number of hydrogen-bond donors (Lipinski definition) is 1. The Morgan fingerprint density at radius 2 is 2.20 bits per heavy atom. The summed E-state index contributed by atoms with van der Waals surface area (Å²) in [6, 6.07) is 1.72. The number of ether oxygens (including phenoxy) is 2. The van der Waals surface area contributed by atoms with Gasteiger partial charge in [0.05, 0.1) is 24.6 Å². The number of amides is 1. The Kier molecular flexibility index (Phi) is 4.55. The zero-order chi connectivity index (χ0) is 14.5. The lowest BCUT2D eigenvalue weighted by Gasteiger charge is -2.12. The lowest BCUT2D eigenvalue weighted by Crippen LogP contribution is -2.19. The van der Waals surface area contributed by atoms with Gasteiger partial charge in [0, 0.05) is 5.69 Å². The maximum atomic E-state index is 11.8. The maximum Gasteiger partial charge on any atom is 0.315 e. The second-order valence-electron chi connectivity index (χ2n) is 4.67. The smallest absolute Gasteiger partial charge is 0.315 e. The number of carbonyl (C=O) groups is 2. The van der Waals surface area contributed by atoms with Gasteiger partial charge in [0.1, 0.15) is 6.42 Å². The number of pyridine rings is 1. The fourth-order valence-electron chi connectivity index (χ4n) is 1.64. The van der Waals surface area contributed by atoms with E-state index in [0.29, 0.717) is 11.4 Å². The third kappa shape index (κ3) is 4.22. The molecule has 0 aromatic carbocycles. The predicted molar refractivity (Wildman–Crippen MR) is 72.5 cm³/mol. The van der Waals surface area contributed by atoms with Crippen LogP contribution < -0.4 is 10.1 Å². The van der Waals surface area contributed by atoms with Crippen LogP contribution in [0.3, 0.4) is 0 Å². The molecule has 0 unspecified atom stereocenters. The van der Waals surface area contributed by atoms with E-state index in [1.807, 2.05) is 6.92 Å². The van der Waals surface area contributed by atoms with Crippen LogP contribution >= 0.6 is 0 Å². The standard InChI is InChI=1S/C14H18N2O4/c1-3-19-14(18)7-13(17)16-11-6-9(2)15-8-12(11)20-10-4-5-10/h6,8,10H,3-5,7H2,1-2H3,(H,15,16,17). The van der Waals surface area contributed by atoms with Gasteiger partial charge in [-0.15, -0.1) is 0 Å². The summed E-state index contributed by atoms with van der Waals surface area (Å²) < 4.78 is 10.4. The summed E-state index contributed by atoms with van der Waals surface area (Å²) >= 11 is 0. The van der Waals surface area contributed by atoms with Crippen molar-refractivity contribution in [2.75, 3.05) is 11.9 Å². The minimum absolute atomic E-state index is 0.209. The van der Waals surface area contributed by atoms with Gasteiger partial charge in [-0.1, -0.05) is 0 Å². The van der Waals surface area contributed by atoms with E-state index >= 15 is 0 Å². The van der Waals surface area contributed by atoms with E-state index in [1.165, 1.54) is 0 Å². The number of nitrogens with zero attached hydrogens (tertiary/aromatic N) is 1. The van der Waals surface area contributed by atoms with Gasteiger partial charge in [0.2, 0.25) is 5.91 Å². The summed E-state index contributed by atoms with van der Waals surface area (Å²) in [5.41, 5.74) is 1.30. The first-order valence-electron chi connectivity index (χ1n) is 6.67. The Hall–Kier alpha value is -2.11. The van der Waals surface area contributed by atoms with Crippen molar-refractivity contribution >= 4 is 17.6 Å². The quantitative estimate of drug-likeness (QED) is 0.634. The monoisotopic (exact) mass is 278 g/mol. The number of aryl methyl sites for hydroxylation is 1. The first kappa shape index (κ1) is 14.3. The van der Waals surface area contributed by atoms with Crippen LogP contribution in [0.15, 0.2) is 12.3 Å². The summed E-state index contributed by atoms with van der Waals surface area (Å²) in [5, 5.41) is 2.67. The Morgan fingerprint density at radius 1 is 1.45 bits per heavy atom. The molecule has 1 aliphatic carbocycles. The molecular formula is C14H18N2O4. The van der Waals surface area contributed by atoms with Crippen molar-refractivity contribution in [2.24, 2.45) is 0 Å². The molecule has 0 aliphatic heterocycles. The van der Waals surface area contributed by atoms with Crippen molar-refractivity contribution in [3.63, 3.8) is 0 Å². The number of rotatable bonds is 6. The largest absolute Gasteiger partial charge is 0.487 e. The van der Waals surface area contributed by atoms with E-state index in [0.717, 1.165) is 18.5 Å². The van der Waals surface area contributed by atoms with Crippen LogP contribution in [0, 0.1) is 6.92 Å². The predicted octanol–water partition coefficient (Wildman–Crippen LogP) is 1.82. The molecule has 1 aromatic heterocycles. The zero-order valence-electron chi connectivity index (χ0n) is 11.6. The molecule has 6 nitrogen and oxygen atoms in total. The number of hydrogen-bond acceptors (Lipinski definition) is 5. The molecule has 1 N–H and O–H groups in total. The molecule has 0 spiro atoms. The minimum atomic E-state index is -0.541. The minimum Gasteiger partial charge on any atom is -0.487 e. The molecule has 6 heteroatoms. The fraction of sp³-hybridized carbons (Fsp3) is 0.500. The van der Waals surface area contributed by atoms with Crippen LogP contribution in [0.25, 0.3) is 0 Å². The van der Waals surface area contributed by atoms with E-state index in [-0.39, 0.29) is 19.1 Å². The Bertz CT molecular complexity index is 512. The molecule has 108 valence electrons.